The molecule has 2 aromatic rings. The van der Waals surface area contributed by atoms with Crippen LogP contribution in [0.15, 0.2) is 48.5 Å². The Balaban J connectivity index is 1.78. The summed E-state index contributed by atoms with van der Waals surface area (Å²) in [5.41, 5.74) is 5.15. The van der Waals surface area contributed by atoms with Crippen LogP contribution < -0.4 is 19.6 Å². The summed E-state index contributed by atoms with van der Waals surface area (Å²) in [4.78, 5) is 9.38. The maximum absolute atomic E-state index is 2.35. The number of nitrogens with zero attached hydrogens (tertiary/aromatic N) is 4. The van der Waals surface area contributed by atoms with E-state index in [0.29, 0.717) is 0 Å². The number of anilines is 4. The van der Waals surface area contributed by atoms with Gasteiger partial charge in [0, 0.05) is 77.1 Å². The van der Waals surface area contributed by atoms with Crippen molar-refractivity contribution in [3.63, 3.8) is 0 Å². The number of hydrogen-bond donors (Lipinski definition) is 0. The van der Waals surface area contributed by atoms with E-state index in [2.05, 4.69) is 96.3 Å². The molecule has 0 saturated carbocycles. The summed E-state index contributed by atoms with van der Waals surface area (Å²) in [7, 11) is 8.73. The van der Waals surface area contributed by atoms with Crippen LogP contribution >= 0.6 is 0 Å². The summed E-state index contributed by atoms with van der Waals surface area (Å²) in [5, 5.41) is 0. The third kappa shape index (κ3) is 4.43. The second-order valence-electron chi connectivity index (χ2n) is 7.43. The smallest absolute Gasteiger partial charge is 0.0365 e. The van der Waals surface area contributed by atoms with Crippen LogP contribution in [-0.4, -0.2) is 54.4 Å². The molecule has 4 heterocycles. The highest BCUT2D eigenvalue weighted by Crippen LogP contribution is 2.22. The van der Waals surface area contributed by atoms with Crippen LogP contribution in [0.5, 0.6) is 0 Å². The zero-order valence-corrected chi connectivity index (χ0v) is 16.7. The molecule has 0 aliphatic carbocycles. The molecule has 4 aliphatic rings. The summed E-state index contributed by atoms with van der Waals surface area (Å²) >= 11 is 0. The van der Waals surface area contributed by atoms with Gasteiger partial charge in [-0.05, 0) is 61.4 Å². The molecule has 0 spiro atoms. The van der Waals surface area contributed by atoms with E-state index in [-0.39, 0.29) is 0 Å². The van der Waals surface area contributed by atoms with Gasteiger partial charge in [0.1, 0.15) is 0 Å². The Kier molecular flexibility index (Phi) is 5.92. The summed E-state index contributed by atoms with van der Waals surface area (Å²) in [6, 6.07) is 17.9. The lowest BCUT2D eigenvalue weighted by Crippen LogP contribution is -2.27. The number of rotatable bonds is 0. The molecule has 4 aliphatic heterocycles. The predicted octanol–water partition coefficient (Wildman–Crippen LogP) is 3.93. The lowest BCUT2D eigenvalue weighted by Gasteiger charge is -2.27. The van der Waals surface area contributed by atoms with Crippen LogP contribution in [0.25, 0.3) is 0 Å². The van der Waals surface area contributed by atoms with E-state index in [1.807, 2.05) is 0 Å². The molecule has 0 aromatic heterocycles. The highest BCUT2D eigenvalue weighted by Gasteiger charge is 2.08. The van der Waals surface area contributed by atoms with E-state index < -0.39 is 0 Å². The van der Waals surface area contributed by atoms with Gasteiger partial charge in [0.05, 0.1) is 0 Å². The second-order valence-corrected chi connectivity index (χ2v) is 7.43. The lowest BCUT2D eigenvalue weighted by atomic mass is 10.2. The van der Waals surface area contributed by atoms with Crippen molar-refractivity contribution in [3.8, 4) is 0 Å². The van der Waals surface area contributed by atoms with Crippen LogP contribution in [0.3, 0.4) is 0 Å². The minimum absolute atomic E-state index is 1.06. The molecular weight excluding hydrogens is 320 g/mol. The van der Waals surface area contributed by atoms with Crippen molar-refractivity contribution in [2.45, 2.75) is 12.8 Å². The first kappa shape index (κ1) is 18.4. The number of benzene rings is 2. The molecular formula is C22H32N4. The fourth-order valence-electron chi connectivity index (χ4n) is 3.53. The van der Waals surface area contributed by atoms with E-state index in [4.69, 9.17) is 0 Å². The summed E-state index contributed by atoms with van der Waals surface area (Å²) < 4.78 is 0. The van der Waals surface area contributed by atoms with Gasteiger partial charge in [-0.3, -0.25) is 0 Å². The summed E-state index contributed by atoms with van der Waals surface area (Å²) in [6.45, 7) is 4.22. The SMILES string of the molecule is CN1CCCN(C)c2ccc(cc2)N(C)CCCN(C)c2ccc1cc2. The Morgan fingerprint density at radius 2 is 0.615 bits per heavy atom. The molecule has 0 radical (unpaired) electrons. The molecule has 0 atom stereocenters. The maximum Gasteiger partial charge on any atom is 0.0365 e. The topological polar surface area (TPSA) is 13.0 Å². The quantitative estimate of drug-likeness (QED) is 0.712. The van der Waals surface area contributed by atoms with Crippen molar-refractivity contribution in [2.75, 3.05) is 74.0 Å². The zero-order valence-electron chi connectivity index (χ0n) is 16.7. The standard InChI is InChI=1S/C22H32N4/c1-23-15-5-16-24(2)21-11-13-22(14-12-21)26(4)18-6-17-25(3)20-9-7-19(23)8-10-20/h7-14H,5-6,15-18H2,1-4H3. The van der Waals surface area contributed by atoms with Crippen molar-refractivity contribution >= 4 is 22.7 Å². The molecule has 2 aromatic carbocycles. The molecule has 0 N–H and O–H groups in total. The molecule has 6 rings (SSSR count). The molecule has 0 unspecified atom stereocenters. The highest BCUT2D eigenvalue weighted by molar-refractivity contribution is 5.57. The minimum atomic E-state index is 1.06. The van der Waals surface area contributed by atoms with Gasteiger partial charge < -0.3 is 19.6 Å². The molecule has 26 heavy (non-hydrogen) atoms. The Bertz CT molecular complexity index is 561. The van der Waals surface area contributed by atoms with Gasteiger partial charge in [-0.2, -0.15) is 0 Å². The van der Waals surface area contributed by atoms with Crippen molar-refractivity contribution in [2.24, 2.45) is 0 Å². The first-order chi connectivity index (χ1) is 12.5. The van der Waals surface area contributed by atoms with Crippen molar-refractivity contribution < 1.29 is 0 Å². The van der Waals surface area contributed by atoms with E-state index in [0.717, 1.165) is 39.0 Å². The van der Waals surface area contributed by atoms with E-state index in [1.165, 1.54) is 22.7 Å². The zero-order chi connectivity index (χ0) is 18.5. The van der Waals surface area contributed by atoms with Crippen LogP contribution in [0.1, 0.15) is 12.8 Å². The summed E-state index contributed by atoms with van der Waals surface area (Å²) in [5.74, 6) is 0. The molecule has 4 nitrogen and oxygen atoms in total. The van der Waals surface area contributed by atoms with E-state index in [1.54, 1.807) is 0 Å². The van der Waals surface area contributed by atoms with Crippen molar-refractivity contribution in [1.29, 1.82) is 0 Å². The van der Waals surface area contributed by atoms with Gasteiger partial charge in [-0.15, -0.1) is 0 Å². The van der Waals surface area contributed by atoms with E-state index in [9.17, 15) is 0 Å². The number of hydrogen-bond acceptors (Lipinski definition) is 4. The van der Waals surface area contributed by atoms with Gasteiger partial charge in [-0.25, -0.2) is 0 Å². The third-order valence-electron chi connectivity index (χ3n) is 5.44. The first-order valence-corrected chi connectivity index (χ1v) is 9.59. The normalized spacial score (nSPS) is 16.8. The average molecular weight is 353 g/mol. The largest absolute Gasteiger partial charge is 0.375 e. The fourth-order valence-corrected chi connectivity index (χ4v) is 3.53. The van der Waals surface area contributed by atoms with E-state index >= 15 is 0 Å². The van der Waals surface area contributed by atoms with Crippen molar-refractivity contribution in [3.05, 3.63) is 48.5 Å². The third-order valence-corrected chi connectivity index (χ3v) is 5.44. The van der Waals surface area contributed by atoms with Crippen LogP contribution in [0.2, 0.25) is 0 Å². The van der Waals surface area contributed by atoms with Gasteiger partial charge in [0.15, 0.2) is 0 Å². The van der Waals surface area contributed by atoms with Crippen LogP contribution in [0.4, 0.5) is 22.7 Å². The summed E-state index contributed by atoms with van der Waals surface area (Å²) in [6.07, 6.45) is 2.27. The Hall–Kier alpha value is -2.36. The molecule has 0 amide bonds. The Labute approximate surface area is 158 Å². The molecule has 0 fully saturated rings. The highest BCUT2D eigenvalue weighted by atomic mass is 15.1. The van der Waals surface area contributed by atoms with Crippen LogP contribution in [-0.2, 0) is 0 Å². The molecule has 140 valence electrons. The Morgan fingerprint density at radius 1 is 0.423 bits per heavy atom. The Morgan fingerprint density at radius 3 is 0.808 bits per heavy atom. The molecule has 0 saturated heterocycles. The van der Waals surface area contributed by atoms with Gasteiger partial charge >= 0.3 is 0 Å². The van der Waals surface area contributed by atoms with Gasteiger partial charge in [-0.1, -0.05) is 0 Å². The van der Waals surface area contributed by atoms with Gasteiger partial charge in [0.25, 0.3) is 0 Å². The second kappa shape index (κ2) is 8.35. The van der Waals surface area contributed by atoms with Crippen LogP contribution in [0, 0.1) is 0 Å². The minimum Gasteiger partial charge on any atom is -0.375 e. The fraction of sp³-hybridized carbons (Fsp3) is 0.455. The molecule has 4 bridgehead atoms. The predicted molar refractivity (Wildman–Crippen MR) is 115 cm³/mol. The first-order valence-electron chi connectivity index (χ1n) is 9.59. The lowest BCUT2D eigenvalue weighted by molar-refractivity contribution is 0.757. The van der Waals surface area contributed by atoms with Gasteiger partial charge in [0.2, 0.25) is 0 Å². The average Bonchev–Trinajstić information content (AvgIpc) is 2.67. The maximum atomic E-state index is 2.35. The van der Waals surface area contributed by atoms with Crippen molar-refractivity contribution in [1.82, 2.24) is 0 Å². The monoisotopic (exact) mass is 352 g/mol. The molecule has 4 heteroatoms.